The predicted octanol–water partition coefficient (Wildman–Crippen LogP) is 1.69. The second kappa shape index (κ2) is 3.44. The molecule has 8 heteroatoms. The maximum absolute atomic E-state index is 12.8. The van der Waals surface area contributed by atoms with Gasteiger partial charge in [0, 0.05) is 13.2 Å². The quantitative estimate of drug-likeness (QED) is 0.830. The van der Waals surface area contributed by atoms with Crippen LogP contribution in [0.1, 0.15) is 15.9 Å². The summed E-state index contributed by atoms with van der Waals surface area (Å²) >= 11 is 0. The van der Waals surface area contributed by atoms with Gasteiger partial charge in [0.2, 0.25) is 0 Å². The van der Waals surface area contributed by atoms with Crippen molar-refractivity contribution >= 4 is 17.0 Å². The van der Waals surface area contributed by atoms with Crippen LogP contribution < -0.4 is 0 Å². The minimum atomic E-state index is -4.77. The summed E-state index contributed by atoms with van der Waals surface area (Å²) < 4.78 is 39.6. The van der Waals surface area contributed by atoms with Gasteiger partial charge in [-0.15, -0.1) is 0 Å². The Morgan fingerprint density at radius 3 is 2.59 bits per heavy atom. The van der Waals surface area contributed by atoms with Crippen molar-refractivity contribution < 1.29 is 23.1 Å². The van der Waals surface area contributed by atoms with E-state index in [1.54, 1.807) is 0 Å². The number of alkyl halides is 3. The number of rotatable bonds is 1. The Kier molecular flexibility index (Phi) is 2.30. The van der Waals surface area contributed by atoms with Crippen LogP contribution in [0.5, 0.6) is 0 Å². The summed E-state index contributed by atoms with van der Waals surface area (Å²) in [6.45, 7) is 0. The number of hydrogen-bond donors (Lipinski definition) is 1. The highest BCUT2D eigenvalue weighted by Crippen LogP contribution is 2.36. The number of pyridine rings is 1. The van der Waals surface area contributed by atoms with Gasteiger partial charge in [0.1, 0.15) is 0 Å². The lowest BCUT2D eigenvalue weighted by Crippen LogP contribution is -2.14. The molecule has 2 aromatic heterocycles. The Morgan fingerprint density at radius 1 is 1.41 bits per heavy atom. The maximum atomic E-state index is 12.8. The number of aryl methyl sites for hydroxylation is 1. The van der Waals surface area contributed by atoms with Crippen molar-refractivity contribution in [2.24, 2.45) is 7.05 Å². The highest BCUT2D eigenvalue weighted by Gasteiger charge is 2.38. The fraction of sp³-hybridized carbons (Fsp3) is 0.222. The zero-order valence-electron chi connectivity index (χ0n) is 8.49. The number of carbonyl (C=O) groups is 1. The van der Waals surface area contributed by atoms with Gasteiger partial charge in [0.15, 0.2) is 5.65 Å². The number of nitrogens with zero attached hydrogens (tertiary/aromatic N) is 3. The maximum Gasteiger partial charge on any atom is 0.418 e. The molecule has 5 nitrogen and oxygen atoms in total. The molecule has 0 aliphatic rings. The van der Waals surface area contributed by atoms with Gasteiger partial charge < -0.3 is 5.11 Å². The van der Waals surface area contributed by atoms with E-state index >= 15 is 0 Å². The zero-order valence-corrected chi connectivity index (χ0v) is 8.49. The number of fused-ring (bicyclic) bond motifs is 1. The van der Waals surface area contributed by atoms with Gasteiger partial charge >= 0.3 is 12.1 Å². The molecule has 0 aliphatic heterocycles. The summed E-state index contributed by atoms with van der Waals surface area (Å²) in [6, 6.07) is 0. The molecule has 2 aromatic rings. The van der Waals surface area contributed by atoms with Gasteiger partial charge in [-0.1, -0.05) is 0 Å². The van der Waals surface area contributed by atoms with E-state index < -0.39 is 23.3 Å². The second-order valence-corrected chi connectivity index (χ2v) is 3.36. The topological polar surface area (TPSA) is 68.0 Å². The van der Waals surface area contributed by atoms with Gasteiger partial charge in [-0.2, -0.15) is 18.3 Å². The molecule has 90 valence electrons. The molecule has 0 amide bonds. The van der Waals surface area contributed by atoms with Crippen molar-refractivity contribution in [2.45, 2.75) is 6.18 Å². The highest BCUT2D eigenvalue weighted by atomic mass is 19.4. The molecule has 17 heavy (non-hydrogen) atoms. The molecule has 0 fully saturated rings. The monoisotopic (exact) mass is 245 g/mol. The van der Waals surface area contributed by atoms with Crippen LogP contribution in [-0.2, 0) is 13.2 Å². The van der Waals surface area contributed by atoms with Gasteiger partial charge in [-0.05, 0) is 0 Å². The van der Waals surface area contributed by atoms with Crippen LogP contribution in [0.25, 0.3) is 11.0 Å². The summed E-state index contributed by atoms with van der Waals surface area (Å²) in [4.78, 5) is 14.4. The molecular weight excluding hydrogens is 239 g/mol. The van der Waals surface area contributed by atoms with Crippen molar-refractivity contribution in [3.8, 4) is 0 Å². The summed E-state index contributed by atoms with van der Waals surface area (Å²) in [5.74, 6) is -1.67. The summed E-state index contributed by atoms with van der Waals surface area (Å²) in [5.41, 5.74) is -2.11. The number of carboxylic acids is 1. The molecule has 2 rings (SSSR count). The molecule has 2 heterocycles. The first kappa shape index (κ1) is 11.4. The van der Waals surface area contributed by atoms with Gasteiger partial charge in [-0.3, -0.25) is 4.68 Å². The standard InChI is InChI=1S/C9H6F3N3O2/c1-15-7-4(3-14-15)6(9(10,11)12)5(2-13-7)8(16)17/h2-3H,1H3,(H,16,17). The number of halogens is 3. The number of aromatic nitrogens is 3. The molecule has 0 aromatic carbocycles. The number of hydrogen-bond acceptors (Lipinski definition) is 3. The van der Waals surface area contributed by atoms with Gasteiger partial charge in [0.05, 0.1) is 22.7 Å². The average Bonchev–Trinajstić information content (AvgIpc) is 2.57. The third-order valence-corrected chi connectivity index (χ3v) is 2.28. The molecule has 0 saturated carbocycles. The largest absolute Gasteiger partial charge is 0.478 e. The number of carboxylic acid groups (broad SMARTS) is 1. The van der Waals surface area contributed by atoms with Crippen molar-refractivity contribution in [2.75, 3.05) is 0 Å². The molecule has 0 unspecified atom stereocenters. The normalized spacial score (nSPS) is 12.0. The third-order valence-electron chi connectivity index (χ3n) is 2.28. The minimum Gasteiger partial charge on any atom is -0.478 e. The minimum absolute atomic E-state index is 0.0117. The lowest BCUT2D eigenvalue weighted by molar-refractivity contribution is -0.136. The van der Waals surface area contributed by atoms with Gasteiger partial charge in [-0.25, -0.2) is 9.78 Å². The lowest BCUT2D eigenvalue weighted by Gasteiger charge is -2.10. The van der Waals surface area contributed by atoms with Gasteiger partial charge in [0.25, 0.3) is 0 Å². The highest BCUT2D eigenvalue weighted by molar-refractivity contribution is 5.95. The van der Waals surface area contributed by atoms with E-state index in [2.05, 4.69) is 10.1 Å². The number of aromatic carboxylic acids is 1. The Hall–Kier alpha value is -2.12. The molecule has 0 aliphatic carbocycles. The van der Waals surface area contributed by atoms with Crippen LogP contribution in [0, 0.1) is 0 Å². The summed E-state index contributed by atoms with van der Waals surface area (Å²) in [6.07, 6.45) is -3.12. The SMILES string of the molecule is Cn1ncc2c(C(F)(F)F)c(C(=O)O)cnc21. The fourth-order valence-electron chi connectivity index (χ4n) is 1.56. The Morgan fingerprint density at radius 2 is 2.06 bits per heavy atom. The molecule has 0 radical (unpaired) electrons. The van der Waals surface area contributed by atoms with Crippen molar-refractivity contribution in [3.63, 3.8) is 0 Å². The van der Waals surface area contributed by atoms with E-state index in [4.69, 9.17) is 5.11 Å². The molecule has 0 atom stereocenters. The van der Waals surface area contributed by atoms with Crippen LogP contribution in [0.2, 0.25) is 0 Å². The van der Waals surface area contributed by atoms with Crippen molar-refractivity contribution in [1.82, 2.24) is 14.8 Å². The smallest absolute Gasteiger partial charge is 0.418 e. The Labute approximate surface area is 92.5 Å². The first-order valence-electron chi connectivity index (χ1n) is 4.43. The molecule has 1 N–H and O–H groups in total. The fourth-order valence-corrected chi connectivity index (χ4v) is 1.56. The first-order valence-corrected chi connectivity index (χ1v) is 4.43. The predicted molar refractivity (Wildman–Crippen MR) is 50.5 cm³/mol. The van der Waals surface area contributed by atoms with E-state index in [1.165, 1.54) is 7.05 Å². The van der Waals surface area contributed by atoms with E-state index in [-0.39, 0.29) is 11.0 Å². The van der Waals surface area contributed by atoms with E-state index in [1.807, 2.05) is 0 Å². The lowest BCUT2D eigenvalue weighted by atomic mass is 10.1. The van der Waals surface area contributed by atoms with Crippen LogP contribution in [0.4, 0.5) is 13.2 Å². The van der Waals surface area contributed by atoms with E-state index in [9.17, 15) is 18.0 Å². The van der Waals surface area contributed by atoms with Crippen LogP contribution in [0.3, 0.4) is 0 Å². The first-order chi connectivity index (χ1) is 7.82. The van der Waals surface area contributed by atoms with E-state index in [0.29, 0.717) is 6.20 Å². The Balaban J connectivity index is 2.90. The molecule has 0 spiro atoms. The van der Waals surface area contributed by atoms with Crippen LogP contribution in [0.15, 0.2) is 12.4 Å². The Bertz CT molecular complexity index is 603. The van der Waals surface area contributed by atoms with Crippen LogP contribution in [-0.4, -0.2) is 25.8 Å². The molecule has 0 bridgehead atoms. The summed E-state index contributed by atoms with van der Waals surface area (Å²) in [5, 5.41) is 12.0. The molecular formula is C9H6F3N3O2. The van der Waals surface area contributed by atoms with E-state index in [0.717, 1.165) is 10.9 Å². The average molecular weight is 245 g/mol. The third kappa shape index (κ3) is 1.71. The second-order valence-electron chi connectivity index (χ2n) is 3.36. The van der Waals surface area contributed by atoms with Crippen molar-refractivity contribution in [1.29, 1.82) is 0 Å². The summed E-state index contributed by atoms with van der Waals surface area (Å²) in [7, 11) is 1.43. The van der Waals surface area contributed by atoms with Crippen molar-refractivity contribution in [3.05, 3.63) is 23.5 Å². The zero-order chi connectivity index (χ0) is 12.8. The van der Waals surface area contributed by atoms with Crippen LogP contribution >= 0.6 is 0 Å². The molecule has 0 saturated heterocycles.